The van der Waals surface area contributed by atoms with E-state index in [9.17, 15) is 0 Å². The van der Waals surface area contributed by atoms with Crippen molar-refractivity contribution >= 4 is 0 Å². The van der Waals surface area contributed by atoms with Crippen molar-refractivity contribution in [3.63, 3.8) is 0 Å². The second-order valence-corrected chi connectivity index (χ2v) is 5.25. The van der Waals surface area contributed by atoms with Gasteiger partial charge in [-0.25, -0.2) is 0 Å². The van der Waals surface area contributed by atoms with Crippen molar-refractivity contribution in [3.8, 4) is 0 Å². The first-order valence-corrected chi connectivity index (χ1v) is 7.01. The van der Waals surface area contributed by atoms with Gasteiger partial charge in [0.25, 0.3) is 0 Å². The third kappa shape index (κ3) is 4.11. The van der Waals surface area contributed by atoms with Crippen LogP contribution in [-0.4, -0.2) is 20.1 Å². The van der Waals surface area contributed by atoms with Gasteiger partial charge in [0.1, 0.15) is 0 Å². The van der Waals surface area contributed by atoms with Crippen LogP contribution in [0, 0.1) is 26.7 Å². The summed E-state index contributed by atoms with van der Waals surface area (Å²) >= 11 is 0. The highest BCUT2D eigenvalue weighted by atomic mass is 14.9. The van der Waals surface area contributed by atoms with Crippen LogP contribution in [0.3, 0.4) is 0 Å². The van der Waals surface area contributed by atoms with Crippen LogP contribution in [0.2, 0.25) is 0 Å². The lowest BCUT2D eigenvalue weighted by atomic mass is 9.98. The standard InChI is InChI=1S/C16H28N2/c1-6-15(9-17-5)10-18-11-16-8-7-12(2)13(3)14(16)4/h7-8,15,17-18H,6,9-11H2,1-5H3. The fourth-order valence-corrected chi connectivity index (χ4v) is 2.26. The average molecular weight is 248 g/mol. The van der Waals surface area contributed by atoms with E-state index in [1.54, 1.807) is 0 Å². The second-order valence-electron chi connectivity index (χ2n) is 5.25. The van der Waals surface area contributed by atoms with E-state index < -0.39 is 0 Å². The average Bonchev–Trinajstić information content (AvgIpc) is 2.37. The molecule has 2 heteroatoms. The molecule has 18 heavy (non-hydrogen) atoms. The summed E-state index contributed by atoms with van der Waals surface area (Å²) in [6.07, 6.45) is 1.22. The summed E-state index contributed by atoms with van der Waals surface area (Å²) in [5.41, 5.74) is 5.68. The van der Waals surface area contributed by atoms with E-state index in [1.165, 1.54) is 28.7 Å². The predicted octanol–water partition coefficient (Wildman–Crippen LogP) is 2.95. The quantitative estimate of drug-likeness (QED) is 0.775. The summed E-state index contributed by atoms with van der Waals surface area (Å²) < 4.78 is 0. The van der Waals surface area contributed by atoms with Crippen LogP contribution < -0.4 is 10.6 Å². The molecule has 0 radical (unpaired) electrons. The van der Waals surface area contributed by atoms with Crippen LogP contribution in [0.15, 0.2) is 12.1 Å². The maximum absolute atomic E-state index is 3.59. The Morgan fingerprint density at radius 3 is 2.39 bits per heavy atom. The van der Waals surface area contributed by atoms with Crippen molar-refractivity contribution < 1.29 is 0 Å². The molecule has 0 fully saturated rings. The van der Waals surface area contributed by atoms with Crippen molar-refractivity contribution in [2.24, 2.45) is 5.92 Å². The molecule has 1 unspecified atom stereocenters. The normalized spacial score (nSPS) is 12.7. The third-order valence-corrected chi connectivity index (χ3v) is 3.99. The SMILES string of the molecule is CCC(CNC)CNCc1ccc(C)c(C)c1C. The molecule has 0 amide bonds. The van der Waals surface area contributed by atoms with Crippen molar-refractivity contribution in [3.05, 3.63) is 34.4 Å². The number of hydrogen-bond acceptors (Lipinski definition) is 2. The van der Waals surface area contributed by atoms with Gasteiger partial charge in [-0.1, -0.05) is 25.5 Å². The van der Waals surface area contributed by atoms with Gasteiger partial charge in [-0.05, 0) is 69.1 Å². The Kier molecular flexibility index (Phi) is 6.37. The van der Waals surface area contributed by atoms with Crippen LogP contribution in [-0.2, 0) is 6.54 Å². The number of aryl methyl sites for hydroxylation is 1. The lowest BCUT2D eigenvalue weighted by Gasteiger charge is -2.17. The fourth-order valence-electron chi connectivity index (χ4n) is 2.26. The molecule has 1 atom stereocenters. The van der Waals surface area contributed by atoms with E-state index in [-0.39, 0.29) is 0 Å². The Hall–Kier alpha value is -0.860. The van der Waals surface area contributed by atoms with E-state index >= 15 is 0 Å². The second kappa shape index (κ2) is 7.55. The maximum Gasteiger partial charge on any atom is 0.0208 e. The highest BCUT2D eigenvalue weighted by Crippen LogP contribution is 2.16. The largest absolute Gasteiger partial charge is 0.319 e. The molecule has 0 saturated heterocycles. The summed E-state index contributed by atoms with van der Waals surface area (Å²) in [4.78, 5) is 0. The van der Waals surface area contributed by atoms with Gasteiger partial charge in [-0.2, -0.15) is 0 Å². The molecule has 1 aromatic carbocycles. The first-order valence-electron chi connectivity index (χ1n) is 7.01. The lowest BCUT2D eigenvalue weighted by molar-refractivity contribution is 0.444. The lowest BCUT2D eigenvalue weighted by Crippen LogP contribution is -2.29. The highest BCUT2D eigenvalue weighted by Gasteiger charge is 2.06. The zero-order valence-electron chi connectivity index (χ0n) is 12.6. The van der Waals surface area contributed by atoms with Gasteiger partial charge in [0.2, 0.25) is 0 Å². The Labute approximate surface area is 112 Å². The van der Waals surface area contributed by atoms with Crippen LogP contribution in [0.25, 0.3) is 0 Å². The first kappa shape index (κ1) is 15.2. The minimum atomic E-state index is 0.724. The predicted molar refractivity (Wildman–Crippen MR) is 80.1 cm³/mol. The zero-order chi connectivity index (χ0) is 13.5. The van der Waals surface area contributed by atoms with Crippen LogP contribution in [0.5, 0.6) is 0 Å². The fraction of sp³-hybridized carbons (Fsp3) is 0.625. The number of nitrogens with one attached hydrogen (secondary N) is 2. The van der Waals surface area contributed by atoms with Gasteiger partial charge in [0, 0.05) is 6.54 Å². The van der Waals surface area contributed by atoms with Crippen molar-refractivity contribution in [2.45, 2.75) is 40.7 Å². The molecule has 2 nitrogen and oxygen atoms in total. The van der Waals surface area contributed by atoms with Gasteiger partial charge >= 0.3 is 0 Å². The van der Waals surface area contributed by atoms with Crippen molar-refractivity contribution in [2.75, 3.05) is 20.1 Å². The molecular formula is C16H28N2. The number of benzene rings is 1. The van der Waals surface area contributed by atoms with Gasteiger partial charge in [-0.3, -0.25) is 0 Å². The van der Waals surface area contributed by atoms with E-state index in [1.807, 2.05) is 7.05 Å². The van der Waals surface area contributed by atoms with Crippen LogP contribution in [0.4, 0.5) is 0 Å². The molecule has 0 aromatic heterocycles. The van der Waals surface area contributed by atoms with Gasteiger partial charge in [-0.15, -0.1) is 0 Å². The molecule has 1 aromatic rings. The van der Waals surface area contributed by atoms with Crippen LogP contribution in [0.1, 0.15) is 35.6 Å². The van der Waals surface area contributed by atoms with Gasteiger partial charge in [0.05, 0.1) is 0 Å². The van der Waals surface area contributed by atoms with E-state index in [2.05, 4.69) is 50.5 Å². The zero-order valence-corrected chi connectivity index (χ0v) is 12.6. The number of hydrogen-bond donors (Lipinski definition) is 2. The van der Waals surface area contributed by atoms with Gasteiger partial charge in [0.15, 0.2) is 0 Å². The van der Waals surface area contributed by atoms with Crippen molar-refractivity contribution in [1.82, 2.24) is 10.6 Å². The maximum atomic E-state index is 3.59. The Balaban J connectivity index is 2.51. The molecule has 1 rings (SSSR count). The topological polar surface area (TPSA) is 24.1 Å². The molecule has 0 saturated carbocycles. The third-order valence-electron chi connectivity index (χ3n) is 3.99. The number of rotatable bonds is 7. The van der Waals surface area contributed by atoms with E-state index in [0.717, 1.165) is 25.6 Å². The Morgan fingerprint density at radius 1 is 1.06 bits per heavy atom. The Bertz CT molecular complexity index is 372. The minimum absolute atomic E-state index is 0.724. The smallest absolute Gasteiger partial charge is 0.0208 e. The van der Waals surface area contributed by atoms with Crippen LogP contribution >= 0.6 is 0 Å². The summed E-state index contributed by atoms with van der Waals surface area (Å²) in [7, 11) is 2.02. The Morgan fingerprint density at radius 2 is 1.78 bits per heavy atom. The molecule has 0 aliphatic rings. The van der Waals surface area contributed by atoms with Crippen molar-refractivity contribution in [1.29, 1.82) is 0 Å². The summed E-state index contributed by atoms with van der Waals surface area (Å²) in [5, 5.41) is 6.84. The molecule has 0 heterocycles. The molecule has 0 aliphatic carbocycles. The molecule has 0 spiro atoms. The minimum Gasteiger partial charge on any atom is -0.319 e. The summed E-state index contributed by atoms with van der Waals surface area (Å²) in [5.74, 6) is 0.724. The monoisotopic (exact) mass is 248 g/mol. The van der Waals surface area contributed by atoms with E-state index in [0.29, 0.717) is 0 Å². The molecule has 2 N–H and O–H groups in total. The highest BCUT2D eigenvalue weighted by molar-refractivity contribution is 5.38. The molecule has 0 bridgehead atoms. The summed E-state index contributed by atoms with van der Waals surface area (Å²) in [6.45, 7) is 12.0. The molecular weight excluding hydrogens is 220 g/mol. The van der Waals surface area contributed by atoms with Gasteiger partial charge < -0.3 is 10.6 Å². The molecule has 0 aliphatic heterocycles. The summed E-state index contributed by atoms with van der Waals surface area (Å²) in [6, 6.07) is 4.48. The first-order chi connectivity index (χ1) is 8.60. The van der Waals surface area contributed by atoms with E-state index in [4.69, 9.17) is 0 Å². The molecule has 102 valence electrons.